The van der Waals surface area contributed by atoms with Gasteiger partial charge in [-0.2, -0.15) is 13.2 Å². The number of rotatable bonds is 6. The zero-order valence-corrected chi connectivity index (χ0v) is 29.7. The molecule has 5 fully saturated rings. The van der Waals surface area contributed by atoms with Crippen LogP contribution in [0.1, 0.15) is 78.7 Å². The van der Waals surface area contributed by atoms with E-state index in [1.54, 1.807) is 13.8 Å². The van der Waals surface area contributed by atoms with Crippen LogP contribution in [0.5, 0.6) is 0 Å². The molecule has 1 unspecified atom stereocenters. The Hall–Kier alpha value is -2.84. The number of epoxide rings is 1. The predicted octanol–water partition coefficient (Wildman–Crippen LogP) is 4.32. The van der Waals surface area contributed by atoms with Crippen molar-refractivity contribution >= 4 is 17.7 Å². The number of carbonyl (C=O) groups is 3. The van der Waals surface area contributed by atoms with Gasteiger partial charge in [-0.3, -0.25) is 9.59 Å². The van der Waals surface area contributed by atoms with Crippen molar-refractivity contribution in [3.63, 3.8) is 0 Å². The van der Waals surface area contributed by atoms with E-state index in [0.717, 1.165) is 19.2 Å². The Kier molecular flexibility index (Phi) is 7.95. The molecule has 10 nitrogen and oxygen atoms in total. The second-order valence-electron chi connectivity index (χ2n) is 16.7. The van der Waals surface area contributed by atoms with Crippen LogP contribution in [-0.2, 0) is 38.9 Å². The van der Waals surface area contributed by atoms with Gasteiger partial charge in [0.15, 0.2) is 11.9 Å². The first kappa shape index (κ1) is 36.5. The summed E-state index contributed by atoms with van der Waals surface area (Å²) in [6.07, 6.45) is -3.99. The minimum Gasteiger partial charge on any atom is -0.459 e. The van der Waals surface area contributed by atoms with Gasteiger partial charge in [-0.05, 0) is 89.7 Å². The van der Waals surface area contributed by atoms with Gasteiger partial charge in [-0.15, -0.1) is 0 Å². The Morgan fingerprint density at radius 2 is 1.67 bits per heavy atom. The minimum atomic E-state index is -5.19. The first-order valence-electron chi connectivity index (χ1n) is 17.8. The second kappa shape index (κ2) is 11.1. The summed E-state index contributed by atoms with van der Waals surface area (Å²) >= 11 is 0. The lowest BCUT2D eigenvalue weighted by Crippen LogP contribution is -2.70. The Bertz CT molecular complexity index is 1660. The van der Waals surface area contributed by atoms with Gasteiger partial charge in [-0.25, -0.2) is 4.79 Å². The maximum atomic E-state index is 14.8. The third-order valence-corrected chi connectivity index (χ3v) is 14.8. The smallest absolute Gasteiger partial charge is 0.432 e. The maximum absolute atomic E-state index is 14.8. The average Bonchev–Trinajstić information content (AvgIpc) is 3.72. The number of benzene rings is 1. The predicted molar refractivity (Wildman–Crippen MR) is 172 cm³/mol. The molecular weight excluding hydrogens is 673 g/mol. The summed E-state index contributed by atoms with van der Waals surface area (Å²) in [5, 5.41) is 35.7. The van der Waals surface area contributed by atoms with Crippen molar-refractivity contribution in [1.82, 2.24) is 0 Å². The summed E-state index contributed by atoms with van der Waals surface area (Å²) in [5.74, 6) is -4.18. The van der Waals surface area contributed by atoms with Crippen LogP contribution >= 0.6 is 0 Å². The molecule has 14 atom stereocenters. The molecule has 1 spiro atoms. The van der Waals surface area contributed by atoms with E-state index in [1.807, 2.05) is 6.92 Å². The second-order valence-corrected chi connectivity index (χ2v) is 16.7. The highest BCUT2D eigenvalue weighted by Crippen LogP contribution is 2.74. The van der Waals surface area contributed by atoms with Crippen molar-refractivity contribution in [2.75, 3.05) is 7.11 Å². The molecule has 51 heavy (non-hydrogen) atoms. The van der Waals surface area contributed by atoms with Crippen LogP contribution in [0.15, 0.2) is 42.5 Å². The van der Waals surface area contributed by atoms with E-state index in [1.165, 1.54) is 44.2 Å². The highest BCUT2D eigenvalue weighted by Gasteiger charge is 2.83. The summed E-state index contributed by atoms with van der Waals surface area (Å²) in [5.41, 5.74) is -12.6. The Labute approximate surface area is 294 Å². The average molecular weight is 721 g/mol. The molecule has 1 aromatic carbocycles. The molecular formula is C38H47F3O10. The fourth-order valence-corrected chi connectivity index (χ4v) is 11.4. The van der Waals surface area contributed by atoms with Crippen molar-refractivity contribution in [3.8, 4) is 0 Å². The third kappa shape index (κ3) is 4.44. The van der Waals surface area contributed by atoms with E-state index in [2.05, 4.69) is 0 Å². The van der Waals surface area contributed by atoms with Crippen LogP contribution in [0.25, 0.3) is 0 Å². The molecule has 0 aromatic heterocycles. The van der Waals surface area contributed by atoms with Gasteiger partial charge < -0.3 is 34.3 Å². The molecule has 3 saturated carbocycles. The number of esters is 2. The molecule has 280 valence electrons. The molecule has 0 bridgehead atoms. The third-order valence-electron chi connectivity index (χ3n) is 14.8. The number of fused-ring (bicyclic) bond motifs is 4. The normalized spacial score (nSPS) is 46.7. The van der Waals surface area contributed by atoms with Crippen molar-refractivity contribution in [1.29, 1.82) is 0 Å². The molecule has 2 aliphatic heterocycles. The van der Waals surface area contributed by atoms with Gasteiger partial charge in [0, 0.05) is 24.5 Å². The summed E-state index contributed by atoms with van der Waals surface area (Å²) in [4.78, 5) is 40.5. The topological polar surface area (TPSA) is 152 Å². The molecule has 0 radical (unpaired) electrons. The van der Waals surface area contributed by atoms with Crippen LogP contribution in [0.4, 0.5) is 13.2 Å². The standard InChI is InChI=1S/C38H47F3O10/c1-20-29(43)49-28(19-32(20,3)45)34(5,46)35(47)17-15-23-22-18-27-37(51-27)26(13-12-25(42)33(37,4)24(22)14-16-31(23,35)2)50-30(44)36(48-6,38(39,40)41)21-10-8-7-9-11-21/h7-13,20,22-24,26-28,45-47H,14-19H2,1-6H3/t20-,22-,23-,24-,26-,27+,28?,31-,32+,33-,34-,35+,36+,37+/m0/s1. The summed E-state index contributed by atoms with van der Waals surface area (Å²) in [7, 11) is 0.798. The van der Waals surface area contributed by atoms with Crippen LogP contribution < -0.4 is 0 Å². The number of ether oxygens (including phenoxy) is 4. The number of hydrogen-bond acceptors (Lipinski definition) is 10. The number of hydrogen-bond donors (Lipinski definition) is 3. The lowest BCUT2D eigenvalue weighted by Gasteiger charge is -2.61. The molecule has 3 N–H and O–H groups in total. The Balaban J connectivity index is 1.19. The molecule has 2 saturated heterocycles. The van der Waals surface area contributed by atoms with E-state index in [4.69, 9.17) is 18.9 Å². The van der Waals surface area contributed by atoms with Gasteiger partial charge in [0.2, 0.25) is 0 Å². The SMILES string of the molecule is CO[C@@](C(=O)O[C@H]1C=CC(=O)[C@]2(C)[C@H]3CC[C@@]4(C)[C@@H](CC[C@]4(O)[C@@](C)(O)C4C[C@@](C)(O)[C@@H](C)C(=O)O4)[C@@H]3C[C@H]3O[C@]132)(c1ccccc1)C(F)(F)F. The highest BCUT2D eigenvalue weighted by atomic mass is 19.4. The first-order chi connectivity index (χ1) is 23.6. The molecule has 6 aliphatic rings. The molecule has 13 heteroatoms. The Morgan fingerprint density at radius 1 is 1.02 bits per heavy atom. The van der Waals surface area contributed by atoms with Gasteiger partial charge in [-0.1, -0.05) is 37.3 Å². The lowest BCUT2D eigenvalue weighted by molar-refractivity contribution is -0.279. The fourth-order valence-electron chi connectivity index (χ4n) is 11.4. The number of ketones is 1. The zero-order chi connectivity index (χ0) is 37.4. The number of halogens is 3. The van der Waals surface area contributed by atoms with Gasteiger partial charge in [0.05, 0.1) is 23.0 Å². The van der Waals surface area contributed by atoms with E-state index in [-0.39, 0.29) is 36.4 Å². The molecule has 1 aromatic rings. The lowest BCUT2D eigenvalue weighted by atomic mass is 9.43. The van der Waals surface area contributed by atoms with Gasteiger partial charge in [0.1, 0.15) is 22.9 Å². The van der Waals surface area contributed by atoms with Crippen molar-refractivity contribution in [2.24, 2.45) is 34.5 Å². The number of carbonyl (C=O) groups excluding carboxylic acids is 3. The zero-order valence-electron chi connectivity index (χ0n) is 29.7. The van der Waals surface area contributed by atoms with Crippen LogP contribution in [0.2, 0.25) is 0 Å². The van der Waals surface area contributed by atoms with Crippen molar-refractivity contribution in [2.45, 2.75) is 126 Å². The maximum Gasteiger partial charge on any atom is 0.432 e. The molecule has 2 heterocycles. The van der Waals surface area contributed by atoms with Crippen molar-refractivity contribution in [3.05, 3.63) is 48.0 Å². The van der Waals surface area contributed by atoms with Crippen LogP contribution in [-0.4, -0.2) is 87.0 Å². The summed E-state index contributed by atoms with van der Waals surface area (Å²) in [6.45, 7) is 8.18. The molecule has 7 rings (SSSR count). The highest BCUT2D eigenvalue weighted by molar-refractivity contribution is 5.98. The molecule has 4 aliphatic carbocycles. The summed E-state index contributed by atoms with van der Waals surface area (Å²) in [6, 6.07) is 6.53. The summed E-state index contributed by atoms with van der Waals surface area (Å²) < 4.78 is 67.0. The molecule has 0 amide bonds. The van der Waals surface area contributed by atoms with Crippen LogP contribution in [0.3, 0.4) is 0 Å². The fraction of sp³-hybridized carbons (Fsp3) is 0.711. The number of methoxy groups -OCH3 is 1. The Morgan fingerprint density at radius 3 is 2.27 bits per heavy atom. The number of allylic oxidation sites excluding steroid dienone is 1. The van der Waals surface area contributed by atoms with Gasteiger partial charge >= 0.3 is 18.1 Å². The van der Waals surface area contributed by atoms with Crippen LogP contribution in [0, 0.1) is 34.5 Å². The number of alkyl halides is 3. The number of aliphatic hydroxyl groups is 3. The monoisotopic (exact) mass is 720 g/mol. The number of cyclic esters (lactones) is 1. The quantitative estimate of drug-likeness (QED) is 0.286. The van der Waals surface area contributed by atoms with Gasteiger partial charge in [0.25, 0.3) is 5.60 Å². The largest absolute Gasteiger partial charge is 0.459 e. The van der Waals surface area contributed by atoms with E-state index >= 15 is 0 Å². The van der Waals surface area contributed by atoms with E-state index in [0.29, 0.717) is 25.7 Å². The van der Waals surface area contributed by atoms with E-state index in [9.17, 15) is 42.9 Å². The minimum absolute atomic E-state index is 0.0670. The van der Waals surface area contributed by atoms with E-state index < -0.39 is 86.7 Å². The first-order valence-corrected chi connectivity index (χ1v) is 17.8. The van der Waals surface area contributed by atoms with Crippen molar-refractivity contribution < 1.29 is 61.8 Å².